The van der Waals surface area contributed by atoms with Crippen molar-refractivity contribution in [3.05, 3.63) is 48.9 Å². The summed E-state index contributed by atoms with van der Waals surface area (Å²) < 4.78 is 0. The highest BCUT2D eigenvalue weighted by Crippen LogP contribution is 2.28. The predicted octanol–water partition coefficient (Wildman–Crippen LogP) is 2.17. The number of rotatable bonds is 0. The number of hydrogen-bond donors (Lipinski definition) is 3. The highest BCUT2D eigenvalue weighted by molar-refractivity contribution is 7.98. The van der Waals surface area contributed by atoms with E-state index in [9.17, 15) is 0 Å². The van der Waals surface area contributed by atoms with Gasteiger partial charge in [-0.1, -0.05) is 12.1 Å². The van der Waals surface area contributed by atoms with Crippen LogP contribution >= 0.6 is 11.9 Å². The largest absolute Gasteiger partial charge is 0.391 e. The average Bonchev–Trinajstić information content (AvgIpc) is 2.80. The SMILES string of the molecule is C1=CNOC=C1.c1ccc2c(c1)NNS2. The van der Waals surface area contributed by atoms with Crippen LogP contribution in [0.15, 0.2) is 53.8 Å². The molecule has 4 nitrogen and oxygen atoms in total. The summed E-state index contributed by atoms with van der Waals surface area (Å²) in [5, 5.41) is 0. The van der Waals surface area contributed by atoms with Crippen LogP contribution in [0, 0.1) is 0 Å². The Morgan fingerprint density at radius 2 is 2.07 bits per heavy atom. The molecule has 0 aliphatic carbocycles. The Morgan fingerprint density at radius 3 is 2.67 bits per heavy atom. The van der Waals surface area contributed by atoms with Crippen molar-refractivity contribution < 1.29 is 4.84 Å². The highest BCUT2D eigenvalue weighted by Gasteiger charge is 2.06. The van der Waals surface area contributed by atoms with Gasteiger partial charge >= 0.3 is 0 Å². The molecule has 3 N–H and O–H groups in total. The van der Waals surface area contributed by atoms with Crippen molar-refractivity contribution in [2.24, 2.45) is 0 Å². The number of benzene rings is 1. The van der Waals surface area contributed by atoms with Crippen molar-refractivity contribution in [2.45, 2.75) is 4.90 Å². The third kappa shape index (κ3) is 2.93. The second-order valence-corrected chi connectivity index (χ2v) is 3.60. The normalized spacial score (nSPS) is 15.2. The zero-order valence-electron chi connectivity index (χ0n) is 7.94. The Bertz CT molecular complexity index is 344. The molecule has 15 heavy (non-hydrogen) atoms. The average molecular weight is 221 g/mol. The lowest BCUT2D eigenvalue weighted by Gasteiger charge is -1.97. The number of allylic oxidation sites excluding steroid dienone is 2. The maximum atomic E-state index is 4.55. The van der Waals surface area contributed by atoms with E-state index in [-0.39, 0.29) is 0 Å². The second-order valence-electron chi connectivity index (χ2n) is 2.75. The molecular weight excluding hydrogens is 210 g/mol. The summed E-state index contributed by atoms with van der Waals surface area (Å²) in [4.78, 5) is 8.77. The molecule has 2 heterocycles. The van der Waals surface area contributed by atoms with Gasteiger partial charge in [-0.2, -0.15) is 4.83 Å². The van der Waals surface area contributed by atoms with Gasteiger partial charge in [-0.15, -0.1) is 0 Å². The van der Waals surface area contributed by atoms with E-state index in [1.165, 1.54) is 10.6 Å². The van der Waals surface area contributed by atoms with Crippen LogP contribution in [0.3, 0.4) is 0 Å². The minimum absolute atomic E-state index is 1.17. The summed E-state index contributed by atoms with van der Waals surface area (Å²) in [5.41, 5.74) is 6.70. The summed E-state index contributed by atoms with van der Waals surface area (Å²) in [5.74, 6) is 0. The van der Waals surface area contributed by atoms with Crippen molar-refractivity contribution in [1.82, 2.24) is 10.3 Å². The molecule has 2 aliphatic heterocycles. The zero-order chi connectivity index (χ0) is 10.3. The number of para-hydroxylation sites is 1. The minimum Gasteiger partial charge on any atom is -0.391 e. The number of hydrogen-bond acceptors (Lipinski definition) is 5. The monoisotopic (exact) mass is 221 g/mol. The van der Waals surface area contributed by atoms with Gasteiger partial charge in [0.15, 0.2) is 0 Å². The van der Waals surface area contributed by atoms with E-state index in [4.69, 9.17) is 0 Å². The number of fused-ring (bicyclic) bond motifs is 1. The lowest BCUT2D eigenvalue weighted by Crippen LogP contribution is -2.04. The van der Waals surface area contributed by atoms with Gasteiger partial charge in [0.2, 0.25) is 0 Å². The molecule has 0 unspecified atom stereocenters. The van der Waals surface area contributed by atoms with Gasteiger partial charge in [-0.05, 0) is 36.2 Å². The van der Waals surface area contributed by atoms with Gasteiger partial charge in [0.1, 0.15) is 6.26 Å². The van der Waals surface area contributed by atoms with E-state index >= 15 is 0 Å². The predicted molar refractivity (Wildman–Crippen MR) is 61.6 cm³/mol. The number of hydrazine groups is 1. The van der Waals surface area contributed by atoms with Gasteiger partial charge in [-0.25, -0.2) is 5.48 Å². The number of anilines is 1. The Labute approximate surface area is 92.5 Å². The first-order chi connectivity index (χ1) is 7.47. The molecule has 1 aromatic carbocycles. The molecule has 0 fully saturated rings. The first kappa shape index (κ1) is 9.95. The Kier molecular flexibility index (Phi) is 3.53. The van der Waals surface area contributed by atoms with Gasteiger partial charge in [0, 0.05) is 11.1 Å². The Hall–Kier alpha value is -1.59. The molecule has 0 amide bonds. The second kappa shape index (κ2) is 5.33. The summed E-state index contributed by atoms with van der Waals surface area (Å²) in [7, 11) is 0. The molecule has 0 saturated carbocycles. The van der Waals surface area contributed by atoms with Gasteiger partial charge in [-0.3, -0.25) is 0 Å². The van der Waals surface area contributed by atoms with E-state index in [1.54, 1.807) is 30.5 Å². The van der Waals surface area contributed by atoms with Crippen LogP contribution in [0.25, 0.3) is 0 Å². The molecule has 1 aromatic rings. The quantitative estimate of drug-likeness (QED) is 0.586. The molecule has 0 atom stereocenters. The van der Waals surface area contributed by atoms with Gasteiger partial charge in [0.25, 0.3) is 0 Å². The topological polar surface area (TPSA) is 45.3 Å². The van der Waals surface area contributed by atoms with Crippen LogP contribution in [0.1, 0.15) is 0 Å². The third-order valence-electron chi connectivity index (χ3n) is 1.72. The van der Waals surface area contributed by atoms with Crippen molar-refractivity contribution in [3.8, 4) is 0 Å². The van der Waals surface area contributed by atoms with E-state index in [1.807, 2.05) is 24.3 Å². The van der Waals surface area contributed by atoms with Crippen molar-refractivity contribution in [2.75, 3.05) is 5.43 Å². The Morgan fingerprint density at radius 1 is 1.13 bits per heavy atom. The van der Waals surface area contributed by atoms with Gasteiger partial charge in [0.05, 0.1) is 5.69 Å². The lowest BCUT2D eigenvalue weighted by atomic mass is 10.3. The van der Waals surface area contributed by atoms with Crippen molar-refractivity contribution in [3.63, 3.8) is 0 Å². The van der Waals surface area contributed by atoms with Gasteiger partial charge < -0.3 is 10.3 Å². The molecule has 0 radical (unpaired) electrons. The summed E-state index contributed by atoms with van der Waals surface area (Å²) in [6, 6.07) is 8.16. The molecule has 78 valence electrons. The number of hydroxylamine groups is 1. The molecule has 0 saturated heterocycles. The fraction of sp³-hybridized carbons (Fsp3) is 0. The minimum atomic E-state index is 1.17. The van der Waals surface area contributed by atoms with E-state index in [0.717, 1.165) is 0 Å². The maximum Gasteiger partial charge on any atom is 0.119 e. The molecule has 3 rings (SSSR count). The summed E-state index contributed by atoms with van der Waals surface area (Å²) in [6.45, 7) is 0. The number of nitrogens with one attached hydrogen (secondary N) is 3. The van der Waals surface area contributed by atoms with E-state index in [0.29, 0.717) is 0 Å². The molecular formula is C10H11N3OS. The van der Waals surface area contributed by atoms with Crippen LogP contribution in [-0.2, 0) is 4.84 Å². The molecule has 0 aromatic heterocycles. The van der Waals surface area contributed by atoms with Crippen LogP contribution in [-0.4, -0.2) is 0 Å². The van der Waals surface area contributed by atoms with Crippen LogP contribution in [0.4, 0.5) is 5.69 Å². The maximum absolute atomic E-state index is 4.55. The van der Waals surface area contributed by atoms with Crippen LogP contribution < -0.4 is 15.7 Å². The first-order valence-electron chi connectivity index (χ1n) is 4.46. The van der Waals surface area contributed by atoms with Crippen LogP contribution in [0.5, 0.6) is 0 Å². The fourth-order valence-electron chi connectivity index (χ4n) is 1.05. The molecule has 0 bridgehead atoms. The van der Waals surface area contributed by atoms with Crippen molar-refractivity contribution in [1.29, 1.82) is 0 Å². The standard InChI is InChI=1S/C6H6N2S.C4H5NO/c1-2-4-6-5(3-1)7-8-9-6;1-2-4-6-5-3-1/h1-4,7-8H;1-5H. The Balaban J connectivity index is 0.000000124. The van der Waals surface area contributed by atoms with Crippen LogP contribution in [0.2, 0.25) is 0 Å². The lowest BCUT2D eigenvalue weighted by molar-refractivity contribution is 0.172. The van der Waals surface area contributed by atoms with Crippen molar-refractivity contribution >= 4 is 17.6 Å². The third-order valence-corrected chi connectivity index (χ3v) is 2.50. The zero-order valence-corrected chi connectivity index (χ0v) is 8.75. The summed E-state index contributed by atoms with van der Waals surface area (Å²) in [6.07, 6.45) is 6.93. The highest BCUT2D eigenvalue weighted by atomic mass is 32.2. The van der Waals surface area contributed by atoms with E-state index < -0.39 is 0 Å². The molecule has 5 heteroatoms. The smallest absolute Gasteiger partial charge is 0.119 e. The fourth-order valence-corrected chi connectivity index (χ4v) is 1.70. The first-order valence-corrected chi connectivity index (χ1v) is 5.28. The molecule has 0 spiro atoms. The molecule has 2 aliphatic rings. The summed E-state index contributed by atoms with van der Waals surface area (Å²) >= 11 is 1.61. The van der Waals surface area contributed by atoms with E-state index in [2.05, 4.69) is 26.6 Å².